The van der Waals surface area contributed by atoms with Crippen LogP contribution < -0.4 is 15.0 Å². The van der Waals surface area contributed by atoms with Crippen molar-refractivity contribution in [3.05, 3.63) is 87.8 Å². The number of ether oxygens (including phenoxy) is 2. The average molecular weight is 419 g/mol. The van der Waals surface area contributed by atoms with E-state index in [1.807, 2.05) is 53.4 Å². The summed E-state index contributed by atoms with van der Waals surface area (Å²) in [6.07, 6.45) is 1.72. The van der Waals surface area contributed by atoms with Gasteiger partial charge in [-0.05, 0) is 36.6 Å². The lowest BCUT2D eigenvalue weighted by atomic mass is 10.0. The van der Waals surface area contributed by atoms with Crippen molar-refractivity contribution in [3.8, 4) is 11.5 Å². The van der Waals surface area contributed by atoms with E-state index in [0.29, 0.717) is 24.6 Å². The Morgan fingerprint density at radius 2 is 1.87 bits per heavy atom. The van der Waals surface area contributed by atoms with Gasteiger partial charge in [0.1, 0.15) is 17.2 Å². The van der Waals surface area contributed by atoms with Crippen LogP contribution in [0.3, 0.4) is 0 Å². The summed E-state index contributed by atoms with van der Waals surface area (Å²) in [7, 11) is 3.22. The zero-order chi connectivity index (χ0) is 21.8. The molecule has 1 aromatic heterocycles. The second-order valence-electron chi connectivity index (χ2n) is 7.46. The minimum Gasteiger partial charge on any atom is -0.497 e. The lowest BCUT2D eigenvalue weighted by molar-refractivity contribution is 0.0725. The van der Waals surface area contributed by atoms with Gasteiger partial charge in [0.15, 0.2) is 0 Å². The molecule has 0 saturated carbocycles. The van der Waals surface area contributed by atoms with Crippen LogP contribution in [-0.2, 0) is 6.54 Å². The summed E-state index contributed by atoms with van der Waals surface area (Å²) in [5.74, 6) is 1.19. The Bertz CT molecular complexity index is 1130. The van der Waals surface area contributed by atoms with Crippen molar-refractivity contribution in [3.63, 3.8) is 0 Å². The third-order valence-electron chi connectivity index (χ3n) is 5.57. The van der Waals surface area contributed by atoms with E-state index < -0.39 is 0 Å². The molecule has 0 aliphatic carbocycles. The highest BCUT2D eigenvalue weighted by molar-refractivity contribution is 5.92. The maximum Gasteiger partial charge on any atom is 0.274 e. The van der Waals surface area contributed by atoms with Crippen molar-refractivity contribution in [2.45, 2.75) is 25.4 Å². The standard InChI is InChI=1S/C24H25N3O4/c1-30-18-10-11-19(22(15-18)31-2)21-9-6-14-26(21)24(29)20-12-13-23(28)27(25-20)16-17-7-4-3-5-8-17/h3-5,7-8,10-13,15,21H,6,9,14,16H2,1-2H3. The number of amides is 1. The number of likely N-dealkylation sites (tertiary alicyclic amines) is 1. The normalized spacial score (nSPS) is 15.7. The molecular formula is C24H25N3O4. The molecule has 160 valence electrons. The molecule has 31 heavy (non-hydrogen) atoms. The van der Waals surface area contributed by atoms with Gasteiger partial charge < -0.3 is 14.4 Å². The number of methoxy groups -OCH3 is 2. The Kier molecular flexibility index (Phi) is 6.02. The second-order valence-corrected chi connectivity index (χ2v) is 7.46. The van der Waals surface area contributed by atoms with Crippen LogP contribution in [0.4, 0.5) is 0 Å². The minimum atomic E-state index is -0.241. The monoisotopic (exact) mass is 419 g/mol. The Hall–Kier alpha value is -3.61. The van der Waals surface area contributed by atoms with Gasteiger partial charge in [-0.15, -0.1) is 0 Å². The molecule has 0 radical (unpaired) electrons. The van der Waals surface area contributed by atoms with E-state index in [1.165, 1.54) is 16.8 Å². The molecule has 2 aromatic carbocycles. The highest BCUT2D eigenvalue weighted by Gasteiger charge is 2.33. The van der Waals surface area contributed by atoms with Gasteiger partial charge in [-0.2, -0.15) is 5.10 Å². The van der Waals surface area contributed by atoms with Crippen LogP contribution in [0.1, 0.15) is 40.5 Å². The van der Waals surface area contributed by atoms with E-state index in [4.69, 9.17) is 9.47 Å². The number of carbonyl (C=O) groups is 1. The molecule has 0 N–H and O–H groups in total. The summed E-state index contributed by atoms with van der Waals surface area (Å²) in [5.41, 5.74) is 1.90. The number of carbonyl (C=O) groups excluding carboxylic acids is 1. The van der Waals surface area contributed by atoms with Crippen molar-refractivity contribution < 1.29 is 14.3 Å². The summed E-state index contributed by atoms with van der Waals surface area (Å²) in [6.45, 7) is 0.939. The molecule has 0 bridgehead atoms. The largest absolute Gasteiger partial charge is 0.497 e. The number of benzene rings is 2. The first-order chi connectivity index (χ1) is 15.1. The average Bonchev–Trinajstić information content (AvgIpc) is 3.30. The lowest BCUT2D eigenvalue weighted by Crippen LogP contribution is -2.34. The summed E-state index contributed by atoms with van der Waals surface area (Å²) < 4.78 is 12.2. The Balaban J connectivity index is 1.62. The summed E-state index contributed by atoms with van der Waals surface area (Å²) >= 11 is 0. The van der Waals surface area contributed by atoms with Gasteiger partial charge in [0.05, 0.1) is 26.8 Å². The maximum atomic E-state index is 13.4. The summed E-state index contributed by atoms with van der Waals surface area (Å²) in [5, 5.41) is 4.37. The van der Waals surface area contributed by atoms with Gasteiger partial charge in [0, 0.05) is 24.2 Å². The first-order valence-electron chi connectivity index (χ1n) is 10.3. The van der Waals surface area contributed by atoms with E-state index in [2.05, 4.69) is 5.10 Å². The van der Waals surface area contributed by atoms with Crippen LogP contribution in [0, 0.1) is 0 Å². The highest BCUT2D eigenvalue weighted by atomic mass is 16.5. The maximum absolute atomic E-state index is 13.4. The number of hydrogen-bond donors (Lipinski definition) is 0. The van der Waals surface area contributed by atoms with Crippen LogP contribution in [0.25, 0.3) is 0 Å². The molecule has 0 spiro atoms. The predicted molar refractivity (Wildman–Crippen MR) is 117 cm³/mol. The van der Waals surface area contributed by atoms with E-state index in [-0.39, 0.29) is 23.2 Å². The van der Waals surface area contributed by atoms with E-state index in [1.54, 1.807) is 14.2 Å². The van der Waals surface area contributed by atoms with Gasteiger partial charge in [0.25, 0.3) is 11.5 Å². The van der Waals surface area contributed by atoms with Gasteiger partial charge in [-0.25, -0.2) is 4.68 Å². The summed E-state index contributed by atoms with van der Waals surface area (Å²) in [6, 6.07) is 18.0. The predicted octanol–water partition coefficient (Wildman–Crippen LogP) is 3.29. The molecule has 1 fully saturated rings. The van der Waals surface area contributed by atoms with Crippen LogP contribution in [0.5, 0.6) is 11.5 Å². The number of hydrogen-bond acceptors (Lipinski definition) is 5. The Labute approximate surface area is 180 Å². The van der Waals surface area contributed by atoms with Crippen LogP contribution >= 0.6 is 0 Å². The third-order valence-corrected chi connectivity index (χ3v) is 5.57. The molecule has 1 unspecified atom stereocenters. The highest BCUT2D eigenvalue weighted by Crippen LogP contribution is 2.39. The van der Waals surface area contributed by atoms with Crippen molar-refractivity contribution in [1.82, 2.24) is 14.7 Å². The molecule has 3 aromatic rings. The minimum absolute atomic E-state index is 0.121. The smallest absolute Gasteiger partial charge is 0.274 e. The van der Waals surface area contributed by atoms with Crippen LogP contribution in [0.2, 0.25) is 0 Å². The molecule has 1 atom stereocenters. The second kappa shape index (κ2) is 9.04. The van der Waals surface area contributed by atoms with Crippen LogP contribution in [-0.4, -0.2) is 41.4 Å². The Morgan fingerprint density at radius 1 is 1.06 bits per heavy atom. The zero-order valence-electron chi connectivity index (χ0n) is 17.7. The fourth-order valence-electron chi connectivity index (χ4n) is 4.01. The molecule has 7 nitrogen and oxygen atoms in total. The van der Waals surface area contributed by atoms with Crippen molar-refractivity contribution in [2.24, 2.45) is 0 Å². The fourth-order valence-corrected chi connectivity index (χ4v) is 4.01. The zero-order valence-corrected chi connectivity index (χ0v) is 17.7. The Morgan fingerprint density at radius 3 is 2.61 bits per heavy atom. The third kappa shape index (κ3) is 4.30. The topological polar surface area (TPSA) is 73.7 Å². The van der Waals surface area contributed by atoms with Gasteiger partial charge >= 0.3 is 0 Å². The molecule has 1 aliphatic heterocycles. The van der Waals surface area contributed by atoms with E-state index in [0.717, 1.165) is 24.0 Å². The molecule has 1 saturated heterocycles. The molecule has 4 rings (SSSR count). The summed E-state index contributed by atoms with van der Waals surface area (Å²) in [4.78, 5) is 27.5. The number of rotatable bonds is 6. The fraction of sp³-hybridized carbons (Fsp3) is 0.292. The van der Waals surface area contributed by atoms with Crippen molar-refractivity contribution >= 4 is 5.91 Å². The van der Waals surface area contributed by atoms with E-state index in [9.17, 15) is 9.59 Å². The van der Waals surface area contributed by atoms with Gasteiger partial charge in [-0.1, -0.05) is 30.3 Å². The van der Waals surface area contributed by atoms with Crippen LogP contribution in [0.15, 0.2) is 65.5 Å². The quantitative estimate of drug-likeness (QED) is 0.613. The number of nitrogens with zero attached hydrogens (tertiary/aromatic N) is 3. The van der Waals surface area contributed by atoms with Crippen molar-refractivity contribution in [1.29, 1.82) is 0 Å². The van der Waals surface area contributed by atoms with Gasteiger partial charge in [0.2, 0.25) is 0 Å². The number of aromatic nitrogens is 2. The van der Waals surface area contributed by atoms with Gasteiger partial charge in [-0.3, -0.25) is 9.59 Å². The molecule has 1 amide bonds. The van der Waals surface area contributed by atoms with E-state index >= 15 is 0 Å². The molecule has 1 aliphatic rings. The lowest BCUT2D eigenvalue weighted by Gasteiger charge is -2.26. The first kappa shape index (κ1) is 20.7. The van der Waals surface area contributed by atoms with Crippen molar-refractivity contribution in [2.75, 3.05) is 20.8 Å². The first-order valence-corrected chi connectivity index (χ1v) is 10.3. The molecular weight excluding hydrogens is 394 g/mol. The SMILES string of the molecule is COc1ccc(C2CCCN2C(=O)c2ccc(=O)n(Cc3ccccc3)n2)c(OC)c1. The molecule has 2 heterocycles. The molecule has 7 heteroatoms.